The summed E-state index contributed by atoms with van der Waals surface area (Å²) >= 11 is 0. The maximum Gasteiger partial charge on any atom is 0.257 e. The van der Waals surface area contributed by atoms with Gasteiger partial charge in [-0.15, -0.1) is 0 Å². The zero-order valence-corrected chi connectivity index (χ0v) is 16.9. The number of methoxy groups -OCH3 is 1. The minimum Gasteiger partial charge on any atom is -0.497 e. The fourth-order valence-electron chi connectivity index (χ4n) is 3.77. The molecule has 1 aliphatic rings. The Kier molecular flexibility index (Phi) is 5.98. The fraction of sp³-hybridized carbons (Fsp3) is 0.240. The lowest BCUT2D eigenvalue weighted by Crippen LogP contribution is -2.28. The van der Waals surface area contributed by atoms with Gasteiger partial charge in [0.05, 0.1) is 12.7 Å². The third-order valence-electron chi connectivity index (χ3n) is 5.49. The van der Waals surface area contributed by atoms with Gasteiger partial charge in [-0.1, -0.05) is 36.4 Å². The molecule has 0 aliphatic carbocycles. The Morgan fingerprint density at radius 2 is 1.77 bits per heavy atom. The third kappa shape index (κ3) is 4.46. The number of likely N-dealkylation sites (tertiary alicyclic amines) is 1. The van der Waals surface area contributed by atoms with Gasteiger partial charge in [0.2, 0.25) is 0 Å². The van der Waals surface area contributed by atoms with Gasteiger partial charge in [0, 0.05) is 19.0 Å². The van der Waals surface area contributed by atoms with E-state index in [2.05, 4.69) is 12.1 Å². The zero-order chi connectivity index (χ0) is 20.9. The second-order valence-corrected chi connectivity index (χ2v) is 7.42. The molecule has 0 N–H and O–H groups in total. The second kappa shape index (κ2) is 8.99. The molecule has 5 heteroatoms. The molecule has 0 bridgehead atoms. The largest absolute Gasteiger partial charge is 0.497 e. The molecule has 1 amide bonds. The van der Waals surface area contributed by atoms with Crippen molar-refractivity contribution in [1.82, 2.24) is 4.90 Å². The standard InChI is InChI=1S/C25H24FNO3/c1-29-22-12-8-19(9-13-22)20-14-15-27(16-20)25(28)23-4-2-3-5-24(23)30-17-18-6-10-21(26)11-7-18/h2-13,20H,14-17H2,1H3. The Morgan fingerprint density at radius 1 is 1.03 bits per heavy atom. The molecule has 1 saturated heterocycles. The fourth-order valence-corrected chi connectivity index (χ4v) is 3.77. The van der Waals surface area contributed by atoms with Crippen molar-refractivity contribution in [2.75, 3.05) is 20.2 Å². The number of carbonyl (C=O) groups is 1. The average Bonchev–Trinajstić information content (AvgIpc) is 3.29. The minimum absolute atomic E-state index is 0.0271. The normalized spacial score (nSPS) is 15.8. The van der Waals surface area contributed by atoms with E-state index in [-0.39, 0.29) is 18.3 Å². The molecule has 1 fully saturated rings. The molecular weight excluding hydrogens is 381 g/mol. The van der Waals surface area contributed by atoms with Crippen LogP contribution in [0.4, 0.5) is 4.39 Å². The molecule has 3 aromatic rings. The van der Waals surface area contributed by atoms with Crippen molar-refractivity contribution in [1.29, 1.82) is 0 Å². The van der Waals surface area contributed by atoms with Crippen LogP contribution in [0.3, 0.4) is 0 Å². The van der Waals surface area contributed by atoms with Gasteiger partial charge in [-0.2, -0.15) is 0 Å². The number of hydrogen-bond acceptors (Lipinski definition) is 3. The van der Waals surface area contributed by atoms with E-state index in [1.165, 1.54) is 17.7 Å². The Hall–Kier alpha value is -3.34. The van der Waals surface area contributed by atoms with Gasteiger partial charge in [-0.3, -0.25) is 4.79 Å². The van der Waals surface area contributed by atoms with Crippen LogP contribution in [0.25, 0.3) is 0 Å². The highest BCUT2D eigenvalue weighted by Crippen LogP contribution is 2.31. The van der Waals surface area contributed by atoms with Crippen LogP contribution >= 0.6 is 0 Å². The lowest BCUT2D eigenvalue weighted by atomic mass is 9.98. The second-order valence-electron chi connectivity index (χ2n) is 7.42. The van der Waals surface area contributed by atoms with Crippen molar-refractivity contribution in [2.24, 2.45) is 0 Å². The van der Waals surface area contributed by atoms with Crippen molar-refractivity contribution in [2.45, 2.75) is 18.9 Å². The van der Waals surface area contributed by atoms with Crippen molar-refractivity contribution >= 4 is 5.91 Å². The molecule has 1 aliphatic heterocycles. The van der Waals surface area contributed by atoms with Crippen molar-refractivity contribution in [3.05, 3.63) is 95.3 Å². The molecule has 1 heterocycles. The Bertz CT molecular complexity index is 1000. The topological polar surface area (TPSA) is 38.8 Å². The van der Waals surface area contributed by atoms with Gasteiger partial charge in [0.25, 0.3) is 5.91 Å². The van der Waals surface area contributed by atoms with Crippen LogP contribution in [0.15, 0.2) is 72.8 Å². The van der Waals surface area contributed by atoms with Crippen LogP contribution in [-0.4, -0.2) is 31.0 Å². The highest BCUT2D eigenvalue weighted by atomic mass is 19.1. The van der Waals surface area contributed by atoms with Gasteiger partial charge in [-0.25, -0.2) is 4.39 Å². The summed E-state index contributed by atoms with van der Waals surface area (Å²) < 4.78 is 24.2. The SMILES string of the molecule is COc1ccc(C2CCN(C(=O)c3ccccc3OCc3ccc(F)cc3)C2)cc1. The number of amides is 1. The van der Waals surface area contributed by atoms with Crippen molar-refractivity contribution in [3.8, 4) is 11.5 Å². The summed E-state index contributed by atoms with van der Waals surface area (Å²) in [6.07, 6.45) is 0.927. The smallest absolute Gasteiger partial charge is 0.257 e. The number of ether oxygens (including phenoxy) is 2. The molecule has 0 aromatic heterocycles. The Balaban J connectivity index is 1.43. The van der Waals surface area contributed by atoms with Crippen molar-refractivity contribution in [3.63, 3.8) is 0 Å². The number of hydrogen-bond donors (Lipinski definition) is 0. The molecule has 4 nitrogen and oxygen atoms in total. The number of halogens is 1. The summed E-state index contributed by atoms with van der Waals surface area (Å²) in [5, 5.41) is 0. The molecule has 1 unspecified atom stereocenters. The van der Waals surface area contributed by atoms with E-state index < -0.39 is 0 Å². The summed E-state index contributed by atoms with van der Waals surface area (Å²) in [6.45, 7) is 1.67. The third-order valence-corrected chi connectivity index (χ3v) is 5.49. The molecule has 0 saturated carbocycles. The van der Waals surface area contributed by atoms with Crippen LogP contribution < -0.4 is 9.47 Å². The monoisotopic (exact) mass is 405 g/mol. The number of rotatable bonds is 6. The molecule has 154 valence electrons. The quantitative estimate of drug-likeness (QED) is 0.577. The molecule has 1 atom stereocenters. The van der Waals surface area contributed by atoms with Gasteiger partial charge in [0.1, 0.15) is 23.9 Å². The first-order valence-electron chi connectivity index (χ1n) is 10.0. The maximum atomic E-state index is 13.2. The van der Waals surface area contributed by atoms with Crippen LogP contribution in [0.1, 0.15) is 33.8 Å². The molecule has 30 heavy (non-hydrogen) atoms. The van der Waals surface area contributed by atoms with Gasteiger partial charge >= 0.3 is 0 Å². The van der Waals surface area contributed by atoms with Crippen molar-refractivity contribution < 1.29 is 18.7 Å². The lowest BCUT2D eigenvalue weighted by molar-refractivity contribution is 0.0786. The predicted molar refractivity (Wildman–Crippen MR) is 113 cm³/mol. The van der Waals surface area contributed by atoms with Crippen LogP contribution in [0, 0.1) is 5.82 Å². The number of carbonyl (C=O) groups excluding carboxylic acids is 1. The van der Waals surface area contributed by atoms with Gasteiger partial charge in [-0.05, 0) is 53.9 Å². The van der Waals surface area contributed by atoms with Gasteiger partial charge in [0.15, 0.2) is 0 Å². The Morgan fingerprint density at radius 3 is 2.50 bits per heavy atom. The van der Waals surface area contributed by atoms with E-state index in [9.17, 15) is 9.18 Å². The first-order chi connectivity index (χ1) is 14.6. The van der Waals surface area contributed by atoms with Crippen LogP contribution in [-0.2, 0) is 6.61 Å². The predicted octanol–water partition coefficient (Wildman–Crippen LogP) is 5.04. The molecule has 0 spiro atoms. The molecule has 0 radical (unpaired) electrons. The molecular formula is C25H24FNO3. The number of benzene rings is 3. The minimum atomic E-state index is -0.283. The zero-order valence-electron chi connectivity index (χ0n) is 16.9. The molecule has 4 rings (SSSR count). The average molecular weight is 405 g/mol. The lowest BCUT2D eigenvalue weighted by Gasteiger charge is -2.19. The summed E-state index contributed by atoms with van der Waals surface area (Å²) in [6, 6.07) is 21.5. The van der Waals surface area contributed by atoms with E-state index >= 15 is 0 Å². The van der Waals surface area contributed by atoms with E-state index in [0.717, 1.165) is 17.7 Å². The van der Waals surface area contributed by atoms with E-state index in [4.69, 9.17) is 9.47 Å². The molecule has 3 aromatic carbocycles. The van der Waals surface area contributed by atoms with Crippen LogP contribution in [0.5, 0.6) is 11.5 Å². The summed E-state index contributed by atoms with van der Waals surface area (Å²) in [7, 11) is 1.65. The summed E-state index contributed by atoms with van der Waals surface area (Å²) in [5.74, 6) is 1.37. The highest BCUT2D eigenvalue weighted by Gasteiger charge is 2.29. The van der Waals surface area contributed by atoms with E-state index in [1.807, 2.05) is 29.2 Å². The summed E-state index contributed by atoms with van der Waals surface area (Å²) in [5.41, 5.74) is 2.61. The van der Waals surface area contributed by atoms with E-state index in [1.54, 1.807) is 31.4 Å². The van der Waals surface area contributed by atoms with E-state index in [0.29, 0.717) is 30.3 Å². The Labute approximate surface area is 175 Å². The number of para-hydroxylation sites is 1. The maximum absolute atomic E-state index is 13.2. The highest BCUT2D eigenvalue weighted by molar-refractivity contribution is 5.97. The van der Waals surface area contributed by atoms with Crippen LogP contribution in [0.2, 0.25) is 0 Å². The first kappa shape index (κ1) is 20.0. The first-order valence-corrected chi connectivity index (χ1v) is 10.0. The van der Waals surface area contributed by atoms with Gasteiger partial charge < -0.3 is 14.4 Å². The number of nitrogens with zero attached hydrogens (tertiary/aromatic N) is 1. The summed E-state index contributed by atoms with van der Waals surface area (Å²) in [4.78, 5) is 15.1.